The predicted octanol–water partition coefficient (Wildman–Crippen LogP) is 6.41. The van der Waals surface area contributed by atoms with Crippen LogP contribution >= 0.6 is 7.60 Å². The molecule has 174 valence electrons. The zero-order chi connectivity index (χ0) is 23.4. The maximum atomic E-state index is 15.4. The highest BCUT2D eigenvalue weighted by molar-refractivity contribution is 7.56. The fraction of sp³-hybridized carbons (Fsp3) is 0.625. The number of ether oxygens (including phenoxy) is 1. The van der Waals surface area contributed by atoms with E-state index in [1.807, 2.05) is 6.07 Å². The topological polar surface area (TPSA) is 61.8 Å². The molecule has 0 bridgehead atoms. The molecule has 1 atom stereocenters. The van der Waals surface area contributed by atoms with Crippen molar-refractivity contribution in [3.63, 3.8) is 0 Å². The van der Waals surface area contributed by atoms with Crippen molar-refractivity contribution in [2.24, 2.45) is 0 Å². The van der Waals surface area contributed by atoms with Gasteiger partial charge >= 0.3 is 7.60 Å². The number of carbonyl (C=O) groups excluding carboxylic acids is 1. The molecule has 0 N–H and O–H groups in total. The molecule has 0 aliphatic heterocycles. The van der Waals surface area contributed by atoms with E-state index < -0.39 is 18.8 Å². The fourth-order valence-electron chi connectivity index (χ4n) is 3.96. The fourth-order valence-corrected chi connectivity index (χ4v) is 5.54. The summed E-state index contributed by atoms with van der Waals surface area (Å²) in [5, 5.41) is -2.77. The zero-order valence-corrected chi connectivity index (χ0v) is 20.7. The van der Waals surface area contributed by atoms with E-state index in [4.69, 9.17) is 13.8 Å². The Bertz CT molecular complexity index is 873. The van der Waals surface area contributed by atoms with Crippen LogP contribution in [0.2, 0.25) is 0 Å². The Balaban J connectivity index is 2.52. The number of rotatable bonds is 9. The minimum atomic E-state index is -4.26. The van der Waals surface area contributed by atoms with Gasteiger partial charge in [0.2, 0.25) is 5.78 Å². The van der Waals surface area contributed by atoms with Crippen LogP contribution in [0, 0.1) is 0 Å². The maximum Gasteiger partial charge on any atom is 0.375 e. The summed E-state index contributed by atoms with van der Waals surface area (Å²) in [5.74, 6) is -0.0337. The van der Waals surface area contributed by atoms with Crippen LogP contribution in [-0.4, -0.2) is 31.5 Å². The van der Waals surface area contributed by atoms with Gasteiger partial charge in [-0.05, 0) is 80.7 Å². The molecule has 0 radical (unpaired) electrons. The maximum absolute atomic E-state index is 15.4. The number of methoxy groups -OCH3 is 1. The van der Waals surface area contributed by atoms with Gasteiger partial charge in [0.15, 0.2) is 0 Å². The van der Waals surface area contributed by atoms with Crippen molar-refractivity contribution in [3.05, 3.63) is 34.4 Å². The first-order chi connectivity index (χ1) is 14.4. The molecule has 1 aromatic carbocycles. The lowest BCUT2D eigenvalue weighted by atomic mass is 9.78. The molecule has 0 saturated carbocycles. The second-order valence-corrected chi connectivity index (χ2v) is 11.3. The van der Waals surface area contributed by atoms with E-state index in [1.165, 1.54) is 0 Å². The second kappa shape index (κ2) is 9.97. The molecule has 31 heavy (non-hydrogen) atoms. The SMILES string of the molecule is CCOP(=O)(OCC)C(C)(F)C(=O)C=Cc1cc(C(C)(C)C)c(OC)c2c1CCCC2. The van der Waals surface area contributed by atoms with Crippen LogP contribution < -0.4 is 4.74 Å². The summed E-state index contributed by atoms with van der Waals surface area (Å²) in [6, 6.07) is 2.02. The number of hydrogen-bond acceptors (Lipinski definition) is 5. The molecule has 0 heterocycles. The van der Waals surface area contributed by atoms with Crippen molar-refractivity contribution >= 4 is 19.5 Å². The molecule has 0 aromatic heterocycles. The zero-order valence-electron chi connectivity index (χ0n) is 19.8. The summed E-state index contributed by atoms with van der Waals surface area (Å²) in [6.07, 6.45) is 6.68. The summed E-state index contributed by atoms with van der Waals surface area (Å²) in [5.41, 5.74) is 4.02. The van der Waals surface area contributed by atoms with Crippen LogP contribution in [0.5, 0.6) is 5.75 Å². The van der Waals surface area contributed by atoms with Gasteiger partial charge in [-0.3, -0.25) is 9.36 Å². The Morgan fingerprint density at radius 2 is 1.65 bits per heavy atom. The normalized spacial score (nSPS) is 16.8. The Hall–Kier alpha value is -1.49. The highest BCUT2D eigenvalue weighted by Crippen LogP contribution is 2.61. The Labute approximate surface area is 185 Å². The average Bonchev–Trinajstić information content (AvgIpc) is 2.70. The van der Waals surface area contributed by atoms with E-state index in [0.29, 0.717) is 0 Å². The van der Waals surface area contributed by atoms with Crippen LogP contribution in [0.25, 0.3) is 6.08 Å². The van der Waals surface area contributed by atoms with Crippen LogP contribution in [0.3, 0.4) is 0 Å². The molecular formula is C24H36FO5P. The van der Waals surface area contributed by atoms with E-state index in [0.717, 1.165) is 66.7 Å². The lowest BCUT2D eigenvalue weighted by molar-refractivity contribution is -0.121. The summed E-state index contributed by atoms with van der Waals surface area (Å²) in [6.45, 7) is 10.4. The molecule has 0 spiro atoms. The number of halogens is 1. The van der Waals surface area contributed by atoms with Gasteiger partial charge in [0, 0.05) is 5.56 Å². The lowest BCUT2D eigenvalue weighted by Gasteiger charge is -2.29. The third-order valence-electron chi connectivity index (χ3n) is 5.62. The number of ketones is 1. The van der Waals surface area contributed by atoms with Gasteiger partial charge in [-0.1, -0.05) is 26.8 Å². The van der Waals surface area contributed by atoms with Crippen molar-refractivity contribution in [2.45, 2.75) is 78.1 Å². The monoisotopic (exact) mass is 454 g/mol. The smallest absolute Gasteiger partial charge is 0.375 e. The summed E-state index contributed by atoms with van der Waals surface area (Å²) in [4.78, 5) is 12.8. The first-order valence-corrected chi connectivity index (χ1v) is 12.5. The first kappa shape index (κ1) is 25.8. The number of benzene rings is 1. The largest absolute Gasteiger partial charge is 0.496 e. The molecule has 1 aromatic rings. The number of allylic oxidation sites excluding steroid dienone is 1. The molecule has 7 heteroatoms. The van der Waals surface area contributed by atoms with Crippen molar-refractivity contribution in [1.82, 2.24) is 0 Å². The molecule has 1 aliphatic carbocycles. The molecule has 2 rings (SSSR count). The standard InChI is InChI=1S/C24H36FO5P/c1-8-29-31(27,30-9-2)24(6,25)21(26)15-14-17-16-20(23(3,4)5)22(28-7)19-13-11-10-12-18(17)19/h14-16H,8-13H2,1-7H3. The van der Waals surface area contributed by atoms with Gasteiger partial charge in [-0.2, -0.15) is 0 Å². The minimum absolute atomic E-state index is 0.0191. The van der Waals surface area contributed by atoms with Crippen molar-refractivity contribution in [2.75, 3.05) is 20.3 Å². The average molecular weight is 455 g/mol. The van der Waals surface area contributed by atoms with Crippen molar-refractivity contribution < 1.29 is 27.5 Å². The number of alkyl halides is 1. The quantitative estimate of drug-likeness (QED) is 0.319. The van der Waals surface area contributed by atoms with Gasteiger partial charge in [0.05, 0.1) is 20.3 Å². The highest BCUT2D eigenvalue weighted by Gasteiger charge is 2.53. The van der Waals surface area contributed by atoms with E-state index in [-0.39, 0.29) is 18.6 Å². The van der Waals surface area contributed by atoms with Gasteiger partial charge in [0.25, 0.3) is 5.41 Å². The highest BCUT2D eigenvalue weighted by atomic mass is 31.2. The Morgan fingerprint density at radius 3 is 2.13 bits per heavy atom. The molecule has 1 aliphatic rings. The lowest BCUT2D eigenvalue weighted by Crippen LogP contribution is -2.30. The molecular weight excluding hydrogens is 418 g/mol. The van der Waals surface area contributed by atoms with Crippen LogP contribution in [0.4, 0.5) is 4.39 Å². The summed E-state index contributed by atoms with van der Waals surface area (Å²) >= 11 is 0. The third kappa shape index (κ3) is 5.30. The summed E-state index contributed by atoms with van der Waals surface area (Å²) < 4.78 is 44.2. The minimum Gasteiger partial charge on any atom is -0.496 e. The van der Waals surface area contributed by atoms with Crippen molar-refractivity contribution in [3.8, 4) is 5.75 Å². The number of carbonyl (C=O) groups is 1. The van der Waals surface area contributed by atoms with E-state index in [2.05, 4.69) is 20.8 Å². The van der Waals surface area contributed by atoms with E-state index >= 15 is 4.39 Å². The Kier molecular flexibility index (Phi) is 8.29. The molecule has 1 unspecified atom stereocenters. The third-order valence-corrected chi connectivity index (χ3v) is 8.07. The number of fused-ring (bicyclic) bond motifs is 1. The first-order valence-electron chi connectivity index (χ1n) is 11.0. The van der Waals surface area contributed by atoms with E-state index in [1.54, 1.807) is 27.0 Å². The Morgan fingerprint density at radius 1 is 1.10 bits per heavy atom. The van der Waals surface area contributed by atoms with E-state index in [9.17, 15) is 9.36 Å². The van der Waals surface area contributed by atoms with Crippen LogP contribution in [-0.2, 0) is 36.7 Å². The van der Waals surface area contributed by atoms with Gasteiger partial charge in [-0.25, -0.2) is 4.39 Å². The molecule has 0 saturated heterocycles. The molecule has 0 fully saturated rings. The van der Waals surface area contributed by atoms with Crippen LogP contribution in [0.1, 0.15) is 76.6 Å². The van der Waals surface area contributed by atoms with Crippen molar-refractivity contribution in [1.29, 1.82) is 0 Å². The summed E-state index contributed by atoms with van der Waals surface area (Å²) in [7, 11) is -2.57. The van der Waals surface area contributed by atoms with Crippen LogP contribution in [0.15, 0.2) is 12.1 Å². The predicted molar refractivity (Wildman–Crippen MR) is 123 cm³/mol. The van der Waals surface area contributed by atoms with Gasteiger partial charge in [0.1, 0.15) is 5.75 Å². The number of hydrogen-bond donors (Lipinski definition) is 0. The van der Waals surface area contributed by atoms with Gasteiger partial charge < -0.3 is 13.8 Å². The second-order valence-electron chi connectivity index (χ2n) is 8.94. The van der Waals surface area contributed by atoms with Gasteiger partial charge in [-0.15, -0.1) is 0 Å². The molecule has 0 amide bonds. The molecule has 5 nitrogen and oxygen atoms in total.